The van der Waals surface area contributed by atoms with Gasteiger partial charge < -0.3 is 14.4 Å². The summed E-state index contributed by atoms with van der Waals surface area (Å²) in [5.41, 5.74) is 4.75. The predicted octanol–water partition coefficient (Wildman–Crippen LogP) is 1.86. The molecule has 1 aromatic heterocycles. The summed E-state index contributed by atoms with van der Waals surface area (Å²) in [7, 11) is 1.57. The third kappa shape index (κ3) is 4.00. The zero-order valence-electron chi connectivity index (χ0n) is 20.1. The number of ether oxygens (including phenoxy) is 2. The van der Waals surface area contributed by atoms with Crippen molar-refractivity contribution in [3.05, 3.63) is 65.0 Å². The minimum absolute atomic E-state index is 0.0822. The van der Waals surface area contributed by atoms with Crippen LogP contribution in [-0.2, 0) is 16.0 Å². The maximum absolute atomic E-state index is 13.6. The molecule has 0 saturated carbocycles. The van der Waals surface area contributed by atoms with E-state index in [1.807, 2.05) is 23.1 Å². The van der Waals surface area contributed by atoms with Gasteiger partial charge in [-0.25, -0.2) is 4.68 Å². The van der Waals surface area contributed by atoms with E-state index in [1.165, 1.54) is 5.56 Å². The van der Waals surface area contributed by atoms with Crippen molar-refractivity contribution in [2.24, 2.45) is 0 Å². The Morgan fingerprint density at radius 1 is 1.19 bits per heavy atom. The molecule has 1 aliphatic carbocycles. The van der Waals surface area contributed by atoms with Crippen molar-refractivity contribution in [2.45, 2.75) is 30.9 Å². The number of tetrazole rings is 1. The Bertz CT molecular complexity index is 1320. The maximum atomic E-state index is 13.6. The SMILES string of the molecule is COc1cc([C@@H]2CN3CCN(C(=O)C4CCc5cc(-n6cnnn6)ccc54)C[C@H]3CO2)ccc1C#N. The summed E-state index contributed by atoms with van der Waals surface area (Å²) in [6.45, 7) is 3.53. The van der Waals surface area contributed by atoms with E-state index in [1.54, 1.807) is 24.2 Å². The number of benzene rings is 2. The van der Waals surface area contributed by atoms with E-state index < -0.39 is 0 Å². The number of carbonyl (C=O) groups is 1. The summed E-state index contributed by atoms with van der Waals surface area (Å²) in [6.07, 6.45) is 3.20. The van der Waals surface area contributed by atoms with Gasteiger partial charge in [-0.1, -0.05) is 12.1 Å². The first-order valence-corrected chi connectivity index (χ1v) is 12.2. The summed E-state index contributed by atoms with van der Waals surface area (Å²) in [6, 6.07) is 14.1. The van der Waals surface area contributed by atoms with Gasteiger partial charge >= 0.3 is 0 Å². The van der Waals surface area contributed by atoms with Crippen LogP contribution in [0.15, 0.2) is 42.7 Å². The topological polar surface area (TPSA) is 109 Å². The fourth-order valence-electron chi connectivity index (χ4n) is 5.69. The first-order chi connectivity index (χ1) is 17.6. The van der Waals surface area contributed by atoms with E-state index in [-0.39, 0.29) is 24.0 Å². The molecule has 2 aromatic carbocycles. The predicted molar refractivity (Wildman–Crippen MR) is 129 cm³/mol. The maximum Gasteiger partial charge on any atom is 0.230 e. The Hall–Kier alpha value is -3.81. The average Bonchev–Trinajstić information content (AvgIpc) is 3.62. The highest BCUT2D eigenvalue weighted by Gasteiger charge is 2.39. The summed E-state index contributed by atoms with van der Waals surface area (Å²) < 4.78 is 13.2. The number of piperazine rings is 1. The number of morpholine rings is 1. The van der Waals surface area contributed by atoms with E-state index >= 15 is 0 Å². The summed E-state index contributed by atoms with van der Waals surface area (Å²) in [5, 5.41) is 20.6. The first-order valence-electron chi connectivity index (χ1n) is 12.2. The number of hydrogen-bond acceptors (Lipinski definition) is 8. The van der Waals surface area contributed by atoms with Crippen molar-refractivity contribution < 1.29 is 14.3 Å². The number of hydrogen-bond donors (Lipinski definition) is 0. The molecule has 2 aliphatic heterocycles. The van der Waals surface area contributed by atoms with E-state index in [0.29, 0.717) is 31.0 Å². The van der Waals surface area contributed by atoms with E-state index in [4.69, 9.17) is 9.47 Å². The molecule has 1 amide bonds. The third-order valence-corrected chi connectivity index (χ3v) is 7.64. The van der Waals surface area contributed by atoms with Crippen LogP contribution in [0.3, 0.4) is 0 Å². The molecule has 0 radical (unpaired) electrons. The molecule has 3 heterocycles. The molecule has 6 rings (SSSR count). The van der Waals surface area contributed by atoms with Gasteiger partial charge in [-0.15, -0.1) is 5.10 Å². The Balaban J connectivity index is 1.11. The number of aryl methyl sites for hydroxylation is 1. The molecule has 0 bridgehead atoms. The van der Waals surface area contributed by atoms with Crippen LogP contribution >= 0.6 is 0 Å². The van der Waals surface area contributed by atoms with Crippen molar-refractivity contribution in [3.8, 4) is 17.5 Å². The molecular weight excluding hydrogens is 458 g/mol. The van der Waals surface area contributed by atoms with E-state index in [0.717, 1.165) is 42.7 Å². The van der Waals surface area contributed by atoms with Gasteiger partial charge in [0.2, 0.25) is 5.91 Å². The quantitative estimate of drug-likeness (QED) is 0.551. The molecule has 184 valence electrons. The Morgan fingerprint density at radius 3 is 2.92 bits per heavy atom. The number of aromatic nitrogens is 4. The van der Waals surface area contributed by atoms with Gasteiger partial charge in [0.15, 0.2) is 0 Å². The largest absolute Gasteiger partial charge is 0.495 e. The van der Waals surface area contributed by atoms with Crippen molar-refractivity contribution in [1.29, 1.82) is 5.26 Å². The fraction of sp³-hybridized carbons (Fsp3) is 0.423. The molecule has 3 aliphatic rings. The highest BCUT2D eigenvalue weighted by molar-refractivity contribution is 5.85. The minimum atomic E-state index is -0.0992. The number of amides is 1. The smallest absolute Gasteiger partial charge is 0.230 e. The monoisotopic (exact) mass is 485 g/mol. The molecule has 10 heteroatoms. The molecule has 3 atom stereocenters. The number of nitrogens with zero attached hydrogens (tertiary/aromatic N) is 7. The van der Waals surface area contributed by atoms with Crippen molar-refractivity contribution in [3.63, 3.8) is 0 Å². The van der Waals surface area contributed by atoms with Gasteiger partial charge in [0.05, 0.1) is 43.0 Å². The molecule has 3 aromatic rings. The molecular formula is C26H27N7O3. The van der Waals surface area contributed by atoms with Crippen molar-refractivity contribution in [2.75, 3.05) is 39.9 Å². The molecule has 0 spiro atoms. The molecule has 1 unspecified atom stereocenters. The van der Waals surface area contributed by atoms with Crippen LogP contribution in [0.1, 0.15) is 40.7 Å². The van der Waals surface area contributed by atoms with Crippen molar-refractivity contribution in [1.82, 2.24) is 30.0 Å². The van der Waals surface area contributed by atoms with E-state index in [2.05, 4.69) is 38.6 Å². The number of fused-ring (bicyclic) bond motifs is 2. The lowest BCUT2D eigenvalue weighted by atomic mass is 9.97. The molecule has 0 N–H and O–H groups in total. The second kappa shape index (κ2) is 9.33. The number of methoxy groups -OCH3 is 1. The number of rotatable bonds is 4. The van der Waals surface area contributed by atoms with Crippen LogP contribution in [0.2, 0.25) is 0 Å². The summed E-state index contributed by atoms with van der Waals surface area (Å²) in [4.78, 5) is 18.0. The lowest BCUT2D eigenvalue weighted by molar-refractivity contribution is -0.141. The molecule has 36 heavy (non-hydrogen) atoms. The molecule has 2 saturated heterocycles. The zero-order valence-corrected chi connectivity index (χ0v) is 20.1. The van der Waals surface area contributed by atoms with Crippen LogP contribution in [-0.4, -0.2) is 81.9 Å². The van der Waals surface area contributed by atoms with Crippen LogP contribution in [0.4, 0.5) is 0 Å². The van der Waals surface area contributed by atoms with Gasteiger partial charge in [0, 0.05) is 26.2 Å². The summed E-state index contributed by atoms with van der Waals surface area (Å²) >= 11 is 0. The van der Waals surface area contributed by atoms with Gasteiger partial charge in [-0.05, 0) is 64.2 Å². The normalized spacial score (nSPS) is 23.6. The third-order valence-electron chi connectivity index (χ3n) is 7.64. The Kier molecular flexibility index (Phi) is 5.87. The van der Waals surface area contributed by atoms with Gasteiger partial charge in [-0.2, -0.15) is 5.26 Å². The number of nitriles is 1. The Morgan fingerprint density at radius 2 is 2.11 bits per heavy atom. The Labute approximate surface area is 209 Å². The van der Waals surface area contributed by atoms with Gasteiger partial charge in [0.25, 0.3) is 0 Å². The lowest BCUT2D eigenvalue weighted by Crippen LogP contribution is -2.60. The highest BCUT2D eigenvalue weighted by atomic mass is 16.5. The first kappa shape index (κ1) is 22.6. The zero-order chi connectivity index (χ0) is 24.6. The minimum Gasteiger partial charge on any atom is -0.495 e. The number of carbonyl (C=O) groups excluding carboxylic acids is 1. The summed E-state index contributed by atoms with van der Waals surface area (Å²) in [5.74, 6) is 0.679. The van der Waals surface area contributed by atoms with E-state index in [9.17, 15) is 10.1 Å². The average molecular weight is 486 g/mol. The highest BCUT2D eigenvalue weighted by Crippen LogP contribution is 2.37. The van der Waals surface area contributed by atoms with Gasteiger partial charge in [-0.3, -0.25) is 9.69 Å². The van der Waals surface area contributed by atoms with Crippen LogP contribution in [0, 0.1) is 11.3 Å². The molecule has 10 nitrogen and oxygen atoms in total. The lowest BCUT2D eigenvalue weighted by Gasteiger charge is -2.46. The van der Waals surface area contributed by atoms with Crippen LogP contribution in [0.25, 0.3) is 5.69 Å². The second-order valence-electron chi connectivity index (χ2n) is 9.56. The van der Waals surface area contributed by atoms with Gasteiger partial charge in [0.1, 0.15) is 18.1 Å². The second-order valence-corrected chi connectivity index (χ2v) is 9.56. The standard InChI is InChI=1S/C26H27N7O3/c1-35-24-11-18(2-3-19(24)12-27)25-14-31-8-9-32(13-21(31)15-36-25)26(34)23-6-4-17-10-20(5-7-22(17)23)33-16-28-29-30-33/h2-3,5,7,10-11,16,21,23,25H,4,6,8-9,13-15H2,1H3/t21-,23?,25-/m0/s1. The van der Waals surface area contributed by atoms with Crippen molar-refractivity contribution >= 4 is 5.91 Å². The fourth-order valence-corrected chi connectivity index (χ4v) is 5.69. The van der Waals surface area contributed by atoms with Crippen LogP contribution < -0.4 is 4.74 Å². The van der Waals surface area contributed by atoms with Crippen LogP contribution in [0.5, 0.6) is 5.75 Å². The molecule has 2 fully saturated rings.